The van der Waals surface area contributed by atoms with Gasteiger partial charge in [0.25, 0.3) is 11.6 Å². The summed E-state index contributed by atoms with van der Waals surface area (Å²) in [5, 5.41) is 14.0. The highest BCUT2D eigenvalue weighted by Crippen LogP contribution is 2.29. The Morgan fingerprint density at radius 3 is 2.54 bits per heavy atom. The van der Waals surface area contributed by atoms with Crippen molar-refractivity contribution in [3.8, 4) is 11.5 Å². The van der Waals surface area contributed by atoms with Gasteiger partial charge in [-0.2, -0.15) is 0 Å². The summed E-state index contributed by atoms with van der Waals surface area (Å²) >= 11 is 11.7. The van der Waals surface area contributed by atoms with Crippen LogP contribution in [-0.4, -0.2) is 24.5 Å². The van der Waals surface area contributed by atoms with Gasteiger partial charge in [-0.1, -0.05) is 23.2 Å². The van der Waals surface area contributed by atoms with E-state index in [0.29, 0.717) is 16.5 Å². The van der Waals surface area contributed by atoms with Crippen LogP contribution in [0.1, 0.15) is 0 Å². The number of carbonyl (C=O) groups excluding carboxylic acids is 1. The van der Waals surface area contributed by atoms with Crippen LogP contribution in [0, 0.1) is 10.1 Å². The van der Waals surface area contributed by atoms with Crippen LogP contribution in [0.4, 0.5) is 11.4 Å². The lowest BCUT2D eigenvalue weighted by Crippen LogP contribution is -2.20. The van der Waals surface area contributed by atoms with Crippen molar-refractivity contribution in [2.45, 2.75) is 0 Å². The fourth-order valence-electron chi connectivity index (χ4n) is 1.83. The number of nitrogens with one attached hydrogen (secondary N) is 1. The zero-order valence-electron chi connectivity index (χ0n) is 12.4. The van der Waals surface area contributed by atoms with E-state index >= 15 is 0 Å². The number of hydrogen-bond acceptors (Lipinski definition) is 5. The highest BCUT2D eigenvalue weighted by molar-refractivity contribution is 6.35. The zero-order valence-corrected chi connectivity index (χ0v) is 13.9. The number of nitrogens with zero attached hydrogens (tertiary/aromatic N) is 1. The molecule has 1 N–H and O–H groups in total. The Bertz CT molecular complexity index is 782. The minimum absolute atomic E-state index is 0.169. The Kier molecular flexibility index (Phi) is 5.83. The van der Waals surface area contributed by atoms with Crippen molar-refractivity contribution < 1.29 is 19.2 Å². The van der Waals surface area contributed by atoms with Gasteiger partial charge in [0, 0.05) is 17.2 Å². The molecule has 24 heavy (non-hydrogen) atoms. The molecule has 0 radical (unpaired) electrons. The van der Waals surface area contributed by atoms with Crippen molar-refractivity contribution in [3.63, 3.8) is 0 Å². The molecule has 0 fully saturated rings. The third-order valence-electron chi connectivity index (χ3n) is 2.92. The standard InChI is InChI=1S/C15H12Cl2N2O5/c1-23-14-5-3-10(19(21)22)7-12(14)18-15(20)8-24-13-4-2-9(16)6-11(13)17/h2-7H,8H2,1H3,(H,18,20). The van der Waals surface area contributed by atoms with Gasteiger partial charge in [-0.15, -0.1) is 0 Å². The number of halogens is 2. The van der Waals surface area contributed by atoms with E-state index in [2.05, 4.69) is 5.32 Å². The third-order valence-corrected chi connectivity index (χ3v) is 3.45. The Hall–Kier alpha value is -2.51. The van der Waals surface area contributed by atoms with Crippen LogP contribution in [0.2, 0.25) is 10.0 Å². The van der Waals surface area contributed by atoms with Crippen molar-refractivity contribution in [2.24, 2.45) is 0 Å². The molecule has 0 aromatic heterocycles. The van der Waals surface area contributed by atoms with E-state index in [1.807, 2.05) is 0 Å². The summed E-state index contributed by atoms with van der Waals surface area (Å²) in [6.07, 6.45) is 0. The number of carbonyl (C=O) groups is 1. The molecule has 0 aliphatic heterocycles. The van der Waals surface area contributed by atoms with Crippen molar-refractivity contribution in [3.05, 3.63) is 56.6 Å². The molecule has 2 aromatic rings. The largest absolute Gasteiger partial charge is 0.495 e. The fourth-order valence-corrected chi connectivity index (χ4v) is 2.29. The zero-order chi connectivity index (χ0) is 17.7. The summed E-state index contributed by atoms with van der Waals surface area (Å²) in [7, 11) is 1.39. The first-order chi connectivity index (χ1) is 11.4. The van der Waals surface area contributed by atoms with Crippen molar-refractivity contribution in [1.82, 2.24) is 0 Å². The molecule has 0 saturated heterocycles. The number of methoxy groups -OCH3 is 1. The normalized spacial score (nSPS) is 10.1. The molecule has 2 aromatic carbocycles. The highest BCUT2D eigenvalue weighted by Gasteiger charge is 2.14. The number of benzene rings is 2. The summed E-state index contributed by atoms with van der Waals surface area (Å²) in [5.74, 6) is 0.0560. The van der Waals surface area contributed by atoms with E-state index < -0.39 is 10.8 Å². The van der Waals surface area contributed by atoms with Crippen molar-refractivity contribution >= 4 is 40.5 Å². The minimum Gasteiger partial charge on any atom is -0.495 e. The van der Waals surface area contributed by atoms with E-state index in [-0.39, 0.29) is 23.0 Å². The maximum Gasteiger partial charge on any atom is 0.271 e. The molecule has 0 unspecified atom stereocenters. The maximum absolute atomic E-state index is 12.0. The number of rotatable bonds is 6. The first-order valence-electron chi connectivity index (χ1n) is 6.61. The van der Waals surface area contributed by atoms with Gasteiger partial charge in [0.15, 0.2) is 6.61 Å². The molecule has 0 saturated carbocycles. The van der Waals surface area contributed by atoms with Crippen LogP contribution in [0.15, 0.2) is 36.4 Å². The van der Waals surface area contributed by atoms with Gasteiger partial charge in [-0.25, -0.2) is 0 Å². The Labute approximate surface area is 147 Å². The molecule has 0 spiro atoms. The number of ether oxygens (including phenoxy) is 2. The Morgan fingerprint density at radius 2 is 1.92 bits per heavy atom. The number of amides is 1. The quantitative estimate of drug-likeness (QED) is 0.614. The van der Waals surface area contributed by atoms with Gasteiger partial charge in [0.1, 0.15) is 11.5 Å². The van der Waals surface area contributed by atoms with Gasteiger partial charge in [-0.05, 0) is 24.3 Å². The van der Waals surface area contributed by atoms with Gasteiger partial charge in [-0.3, -0.25) is 14.9 Å². The second kappa shape index (κ2) is 7.85. The molecule has 0 heterocycles. The van der Waals surface area contributed by atoms with Crippen molar-refractivity contribution in [2.75, 3.05) is 19.0 Å². The van der Waals surface area contributed by atoms with E-state index in [4.69, 9.17) is 32.7 Å². The summed E-state index contributed by atoms with van der Waals surface area (Å²) < 4.78 is 10.4. The van der Waals surface area contributed by atoms with E-state index in [1.54, 1.807) is 6.07 Å². The van der Waals surface area contributed by atoms with Crippen LogP contribution in [0.5, 0.6) is 11.5 Å². The molecule has 7 nitrogen and oxygen atoms in total. The number of nitro benzene ring substituents is 1. The highest BCUT2D eigenvalue weighted by atomic mass is 35.5. The Morgan fingerprint density at radius 1 is 1.21 bits per heavy atom. The number of anilines is 1. The predicted molar refractivity (Wildman–Crippen MR) is 90.2 cm³/mol. The molecule has 126 valence electrons. The lowest BCUT2D eigenvalue weighted by atomic mass is 10.2. The van der Waals surface area contributed by atoms with Gasteiger partial charge in [0.05, 0.1) is 22.7 Å². The molecule has 0 aliphatic rings. The van der Waals surface area contributed by atoms with Crippen molar-refractivity contribution in [1.29, 1.82) is 0 Å². The summed E-state index contributed by atoms with van der Waals surface area (Å²) in [4.78, 5) is 22.2. The first-order valence-corrected chi connectivity index (χ1v) is 7.36. The summed E-state index contributed by atoms with van der Waals surface area (Å²) in [5.41, 5.74) is -0.00438. The second-order valence-electron chi connectivity index (χ2n) is 4.55. The summed E-state index contributed by atoms with van der Waals surface area (Å²) in [6.45, 7) is -0.340. The summed E-state index contributed by atoms with van der Waals surface area (Å²) in [6, 6.07) is 8.46. The van der Waals surface area contributed by atoms with Crippen LogP contribution >= 0.6 is 23.2 Å². The molecule has 2 rings (SSSR count). The maximum atomic E-state index is 12.0. The van der Waals surface area contributed by atoms with Gasteiger partial charge >= 0.3 is 0 Å². The molecule has 0 bridgehead atoms. The lowest BCUT2D eigenvalue weighted by molar-refractivity contribution is -0.384. The van der Waals surface area contributed by atoms with Gasteiger partial charge < -0.3 is 14.8 Å². The number of hydrogen-bond donors (Lipinski definition) is 1. The number of nitro groups is 1. The smallest absolute Gasteiger partial charge is 0.271 e. The van der Waals surface area contributed by atoms with E-state index in [9.17, 15) is 14.9 Å². The molecule has 9 heteroatoms. The van der Waals surface area contributed by atoms with Crippen LogP contribution in [-0.2, 0) is 4.79 Å². The topological polar surface area (TPSA) is 90.7 Å². The van der Waals surface area contributed by atoms with E-state index in [1.165, 1.54) is 37.4 Å². The molecule has 0 atom stereocenters. The van der Waals surface area contributed by atoms with E-state index in [0.717, 1.165) is 0 Å². The fraction of sp³-hybridized carbons (Fsp3) is 0.133. The van der Waals surface area contributed by atoms with Gasteiger partial charge in [0.2, 0.25) is 0 Å². The number of non-ortho nitro benzene ring substituents is 1. The average molecular weight is 371 g/mol. The minimum atomic E-state index is -0.570. The molecule has 0 aliphatic carbocycles. The predicted octanol–water partition coefficient (Wildman–Crippen LogP) is 3.93. The van der Waals surface area contributed by atoms with Crippen LogP contribution in [0.3, 0.4) is 0 Å². The second-order valence-corrected chi connectivity index (χ2v) is 5.40. The third kappa shape index (κ3) is 4.50. The first kappa shape index (κ1) is 17.8. The lowest BCUT2D eigenvalue weighted by Gasteiger charge is -2.11. The molecular weight excluding hydrogens is 359 g/mol. The average Bonchev–Trinajstić information content (AvgIpc) is 2.53. The SMILES string of the molecule is COc1ccc([N+](=O)[O-])cc1NC(=O)COc1ccc(Cl)cc1Cl. The monoisotopic (exact) mass is 370 g/mol. The Balaban J connectivity index is 2.06. The molecule has 1 amide bonds. The van der Waals surface area contributed by atoms with Crippen LogP contribution < -0.4 is 14.8 Å². The molecular formula is C15H12Cl2N2O5. The van der Waals surface area contributed by atoms with Crippen LogP contribution in [0.25, 0.3) is 0 Å².